The van der Waals surface area contributed by atoms with Crippen molar-refractivity contribution in [2.75, 3.05) is 13.7 Å². The van der Waals surface area contributed by atoms with E-state index in [2.05, 4.69) is 15.5 Å². The summed E-state index contributed by atoms with van der Waals surface area (Å²) >= 11 is 0. The quantitative estimate of drug-likeness (QED) is 0.775. The molecule has 0 aromatic carbocycles. The van der Waals surface area contributed by atoms with Crippen molar-refractivity contribution >= 4 is 0 Å². The standard InChI is InChI=1S/C10H19N3O2/c1-5-10(3,14-6-2)9-12-8(7-11-4)15-13-9/h11H,5-7H2,1-4H3. The molecule has 0 spiro atoms. The van der Waals surface area contributed by atoms with E-state index in [1.807, 2.05) is 27.8 Å². The van der Waals surface area contributed by atoms with Gasteiger partial charge in [0.25, 0.3) is 0 Å². The first kappa shape index (κ1) is 12.1. The fourth-order valence-electron chi connectivity index (χ4n) is 1.34. The van der Waals surface area contributed by atoms with Crippen molar-refractivity contribution in [1.82, 2.24) is 15.5 Å². The van der Waals surface area contributed by atoms with Crippen molar-refractivity contribution in [2.45, 2.75) is 39.3 Å². The zero-order valence-corrected chi connectivity index (χ0v) is 9.83. The number of ether oxygens (including phenoxy) is 1. The van der Waals surface area contributed by atoms with E-state index in [0.29, 0.717) is 24.9 Å². The fraction of sp³-hybridized carbons (Fsp3) is 0.800. The molecule has 1 aromatic heterocycles. The minimum Gasteiger partial charge on any atom is -0.367 e. The van der Waals surface area contributed by atoms with Gasteiger partial charge in [0.05, 0.1) is 6.54 Å². The number of aromatic nitrogens is 2. The Bertz CT molecular complexity index is 301. The highest BCUT2D eigenvalue weighted by Crippen LogP contribution is 2.26. The van der Waals surface area contributed by atoms with E-state index >= 15 is 0 Å². The summed E-state index contributed by atoms with van der Waals surface area (Å²) < 4.78 is 10.7. The van der Waals surface area contributed by atoms with E-state index < -0.39 is 5.60 Å². The summed E-state index contributed by atoms with van der Waals surface area (Å²) in [6.07, 6.45) is 0.819. The molecule has 0 aliphatic carbocycles. The maximum Gasteiger partial charge on any atom is 0.240 e. The van der Waals surface area contributed by atoms with Gasteiger partial charge in [0, 0.05) is 6.61 Å². The summed E-state index contributed by atoms with van der Waals surface area (Å²) in [4.78, 5) is 4.30. The summed E-state index contributed by atoms with van der Waals surface area (Å²) in [6, 6.07) is 0. The molecule has 0 aliphatic heterocycles. The molecule has 1 aromatic rings. The molecule has 0 aliphatic rings. The predicted molar refractivity (Wildman–Crippen MR) is 56.3 cm³/mol. The van der Waals surface area contributed by atoms with Gasteiger partial charge in [-0.25, -0.2) is 0 Å². The van der Waals surface area contributed by atoms with Crippen LogP contribution in [0.1, 0.15) is 38.9 Å². The topological polar surface area (TPSA) is 60.2 Å². The van der Waals surface area contributed by atoms with Crippen molar-refractivity contribution in [1.29, 1.82) is 0 Å². The van der Waals surface area contributed by atoms with Crippen LogP contribution in [0.15, 0.2) is 4.52 Å². The van der Waals surface area contributed by atoms with Crippen LogP contribution >= 0.6 is 0 Å². The SMILES string of the molecule is CCOC(C)(CC)c1noc(CNC)n1. The van der Waals surface area contributed by atoms with Crippen LogP contribution in [-0.2, 0) is 16.9 Å². The second-order valence-electron chi connectivity index (χ2n) is 3.56. The maximum absolute atomic E-state index is 5.65. The first-order chi connectivity index (χ1) is 7.16. The third-order valence-corrected chi connectivity index (χ3v) is 2.41. The highest BCUT2D eigenvalue weighted by Gasteiger charge is 2.30. The first-order valence-electron chi connectivity index (χ1n) is 5.28. The molecule has 1 atom stereocenters. The Balaban J connectivity index is 2.82. The molecule has 1 N–H and O–H groups in total. The molecule has 0 amide bonds. The van der Waals surface area contributed by atoms with Gasteiger partial charge in [-0.1, -0.05) is 12.1 Å². The van der Waals surface area contributed by atoms with Crippen LogP contribution in [0.5, 0.6) is 0 Å². The Morgan fingerprint density at radius 3 is 2.73 bits per heavy atom. The lowest BCUT2D eigenvalue weighted by Gasteiger charge is -2.23. The highest BCUT2D eigenvalue weighted by atomic mass is 16.5. The predicted octanol–water partition coefficient (Wildman–Crippen LogP) is 1.45. The Hall–Kier alpha value is -0.940. The maximum atomic E-state index is 5.65. The van der Waals surface area contributed by atoms with Crippen LogP contribution in [0.2, 0.25) is 0 Å². The van der Waals surface area contributed by atoms with Crippen molar-refractivity contribution in [2.24, 2.45) is 0 Å². The van der Waals surface area contributed by atoms with E-state index in [9.17, 15) is 0 Å². The van der Waals surface area contributed by atoms with Crippen LogP contribution in [-0.4, -0.2) is 23.8 Å². The normalized spacial score (nSPS) is 15.2. The second kappa shape index (κ2) is 5.23. The summed E-state index contributed by atoms with van der Waals surface area (Å²) in [5, 5.41) is 6.91. The number of nitrogens with zero attached hydrogens (tertiary/aromatic N) is 2. The Kier molecular flexibility index (Phi) is 4.23. The molecule has 0 radical (unpaired) electrons. The first-order valence-corrected chi connectivity index (χ1v) is 5.28. The lowest BCUT2D eigenvalue weighted by atomic mass is 10.0. The zero-order chi connectivity index (χ0) is 11.3. The highest BCUT2D eigenvalue weighted by molar-refractivity contribution is 4.99. The minimum absolute atomic E-state index is 0.440. The van der Waals surface area contributed by atoms with Gasteiger partial charge in [-0.05, 0) is 27.3 Å². The summed E-state index contributed by atoms with van der Waals surface area (Å²) in [5.41, 5.74) is -0.440. The summed E-state index contributed by atoms with van der Waals surface area (Å²) in [7, 11) is 1.84. The average molecular weight is 213 g/mol. The van der Waals surface area contributed by atoms with Crippen LogP contribution in [0, 0.1) is 0 Å². The Morgan fingerprint density at radius 2 is 2.20 bits per heavy atom. The molecule has 15 heavy (non-hydrogen) atoms. The Morgan fingerprint density at radius 1 is 1.47 bits per heavy atom. The van der Waals surface area contributed by atoms with Crippen molar-refractivity contribution in [3.63, 3.8) is 0 Å². The van der Waals surface area contributed by atoms with Gasteiger partial charge in [0.1, 0.15) is 5.60 Å². The average Bonchev–Trinajstić information content (AvgIpc) is 2.68. The molecule has 5 heteroatoms. The molecule has 1 heterocycles. The minimum atomic E-state index is -0.440. The van der Waals surface area contributed by atoms with Crippen LogP contribution in [0.3, 0.4) is 0 Å². The van der Waals surface area contributed by atoms with E-state index in [-0.39, 0.29) is 0 Å². The van der Waals surface area contributed by atoms with Crippen molar-refractivity contribution in [3.8, 4) is 0 Å². The van der Waals surface area contributed by atoms with Crippen molar-refractivity contribution < 1.29 is 9.26 Å². The monoisotopic (exact) mass is 213 g/mol. The van der Waals surface area contributed by atoms with Gasteiger partial charge in [-0.15, -0.1) is 0 Å². The van der Waals surface area contributed by atoms with E-state index in [1.54, 1.807) is 0 Å². The largest absolute Gasteiger partial charge is 0.367 e. The molecular weight excluding hydrogens is 194 g/mol. The Labute approximate surface area is 90.2 Å². The second-order valence-corrected chi connectivity index (χ2v) is 3.56. The number of rotatable bonds is 6. The molecule has 5 nitrogen and oxygen atoms in total. The molecule has 1 unspecified atom stereocenters. The van der Waals surface area contributed by atoms with E-state index in [1.165, 1.54) is 0 Å². The lowest BCUT2D eigenvalue weighted by Crippen LogP contribution is -2.26. The molecule has 0 saturated heterocycles. The molecule has 0 bridgehead atoms. The van der Waals surface area contributed by atoms with Gasteiger partial charge in [0.15, 0.2) is 0 Å². The van der Waals surface area contributed by atoms with Gasteiger partial charge in [-0.2, -0.15) is 4.98 Å². The fourth-order valence-corrected chi connectivity index (χ4v) is 1.34. The number of hydrogen-bond acceptors (Lipinski definition) is 5. The summed E-state index contributed by atoms with van der Waals surface area (Å²) in [5.74, 6) is 1.21. The third kappa shape index (κ3) is 2.76. The zero-order valence-electron chi connectivity index (χ0n) is 9.83. The molecule has 1 rings (SSSR count). The third-order valence-electron chi connectivity index (χ3n) is 2.41. The molecule has 86 valence electrons. The van der Waals surface area contributed by atoms with Crippen LogP contribution in [0.25, 0.3) is 0 Å². The summed E-state index contributed by atoms with van der Waals surface area (Å²) in [6.45, 7) is 7.20. The van der Waals surface area contributed by atoms with Crippen LogP contribution in [0.4, 0.5) is 0 Å². The van der Waals surface area contributed by atoms with Gasteiger partial charge in [-0.3, -0.25) is 0 Å². The smallest absolute Gasteiger partial charge is 0.240 e. The van der Waals surface area contributed by atoms with Crippen molar-refractivity contribution in [3.05, 3.63) is 11.7 Å². The van der Waals surface area contributed by atoms with E-state index in [0.717, 1.165) is 6.42 Å². The van der Waals surface area contributed by atoms with Crippen LogP contribution < -0.4 is 5.32 Å². The molecular formula is C10H19N3O2. The van der Waals surface area contributed by atoms with E-state index in [4.69, 9.17) is 9.26 Å². The lowest BCUT2D eigenvalue weighted by molar-refractivity contribution is -0.0403. The van der Waals surface area contributed by atoms with Gasteiger partial charge in [0.2, 0.25) is 11.7 Å². The molecule has 0 fully saturated rings. The number of nitrogens with one attached hydrogen (secondary N) is 1. The van der Waals surface area contributed by atoms with Gasteiger partial charge < -0.3 is 14.6 Å². The number of hydrogen-bond donors (Lipinski definition) is 1. The molecule has 0 saturated carbocycles. The van der Waals surface area contributed by atoms with Gasteiger partial charge >= 0.3 is 0 Å².